The van der Waals surface area contributed by atoms with Crippen LogP contribution in [0.3, 0.4) is 0 Å². The third-order valence-electron chi connectivity index (χ3n) is 4.02. The van der Waals surface area contributed by atoms with Crippen molar-refractivity contribution in [2.75, 3.05) is 0 Å². The van der Waals surface area contributed by atoms with Crippen LogP contribution < -0.4 is 5.32 Å². The predicted octanol–water partition coefficient (Wildman–Crippen LogP) is 1.95. The van der Waals surface area contributed by atoms with Gasteiger partial charge in [0.15, 0.2) is 0 Å². The Morgan fingerprint density at radius 3 is 2.70 bits per heavy atom. The van der Waals surface area contributed by atoms with Gasteiger partial charge in [-0.3, -0.25) is 19.6 Å². The zero-order valence-electron chi connectivity index (χ0n) is 12.0. The number of aryl methyl sites for hydroxylation is 2. The molecule has 0 radical (unpaired) electrons. The Hall–Kier alpha value is -1.92. The van der Waals surface area contributed by atoms with Crippen LogP contribution in [0.4, 0.5) is 5.69 Å². The van der Waals surface area contributed by atoms with Crippen molar-refractivity contribution in [3.05, 3.63) is 21.5 Å². The van der Waals surface area contributed by atoms with Gasteiger partial charge in [0.2, 0.25) is 5.69 Å². The zero-order valence-corrected chi connectivity index (χ0v) is 12.0. The molecule has 0 aromatic carbocycles. The average Bonchev–Trinajstić information content (AvgIpc) is 2.67. The van der Waals surface area contributed by atoms with Gasteiger partial charge in [0, 0.05) is 13.1 Å². The number of hydrogen-bond donors (Lipinski definition) is 1. The molecule has 0 spiro atoms. The highest BCUT2D eigenvalue weighted by molar-refractivity contribution is 5.97. The highest BCUT2D eigenvalue weighted by Crippen LogP contribution is 2.26. The monoisotopic (exact) mass is 280 g/mol. The van der Waals surface area contributed by atoms with E-state index in [-0.39, 0.29) is 23.1 Å². The van der Waals surface area contributed by atoms with Gasteiger partial charge in [0.05, 0.1) is 4.92 Å². The minimum absolute atomic E-state index is 0.0327. The van der Waals surface area contributed by atoms with Crippen LogP contribution in [-0.4, -0.2) is 26.7 Å². The quantitative estimate of drug-likeness (QED) is 0.676. The van der Waals surface area contributed by atoms with Crippen molar-refractivity contribution < 1.29 is 9.72 Å². The van der Waals surface area contributed by atoms with E-state index >= 15 is 0 Å². The van der Waals surface area contributed by atoms with Crippen LogP contribution >= 0.6 is 0 Å². The number of nitrogens with zero attached hydrogens (tertiary/aromatic N) is 3. The van der Waals surface area contributed by atoms with E-state index in [2.05, 4.69) is 17.3 Å². The summed E-state index contributed by atoms with van der Waals surface area (Å²) in [5, 5.41) is 18.0. The van der Waals surface area contributed by atoms with Crippen LogP contribution in [0.5, 0.6) is 0 Å². The second-order valence-electron chi connectivity index (χ2n) is 5.51. The van der Waals surface area contributed by atoms with Gasteiger partial charge in [-0.2, -0.15) is 5.10 Å². The van der Waals surface area contributed by atoms with Gasteiger partial charge in [-0.05, 0) is 25.7 Å². The van der Waals surface area contributed by atoms with E-state index in [0.29, 0.717) is 5.92 Å². The van der Waals surface area contributed by atoms with Crippen LogP contribution in [0.2, 0.25) is 0 Å². The molecular weight excluding hydrogens is 260 g/mol. The Bertz CT molecular complexity index is 538. The molecule has 1 saturated carbocycles. The minimum atomic E-state index is -0.540. The highest BCUT2D eigenvalue weighted by Gasteiger charge is 2.31. The van der Waals surface area contributed by atoms with Gasteiger partial charge in [-0.15, -0.1) is 0 Å². The topological polar surface area (TPSA) is 90.1 Å². The molecular formula is C13H20N4O3. The van der Waals surface area contributed by atoms with Crippen molar-refractivity contribution >= 4 is 11.6 Å². The molecule has 1 aromatic rings. The third-order valence-corrected chi connectivity index (χ3v) is 4.02. The summed E-state index contributed by atoms with van der Waals surface area (Å²) in [6.07, 6.45) is 4.27. The van der Waals surface area contributed by atoms with Gasteiger partial charge in [0.1, 0.15) is 5.69 Å². The lowest BCUT2D eigenvalue weighted by atomic mass is 9.86. The molecule has 1 fully saturated rings. The van der Waals surface area contributed by atoms with Crippen molar-refractivity contribution in [1.82, 2.24) is 15.1 Å². The maximum absolute atomic E-state index is 12.3. The van der Waals surface area contributed by atoms with Crippen LogP contribution in [-0.2, 0) is 7.05 Å². The predicted molar refractivity (Wildman–Crippen MR) is 73.5 cm³/mol. The van der Waals surface area contributed by atoms with Gasteiger partial charge in [-0.1, -0.05) is 19.8 Å². The summed E-state index contributed by atoms with van der Waals surface area (Å²) in [7, 11) is 1.55. The fourth-order valence-corrected chi connectivity index (χ4v) is 2.89. The molecule has 0 unspecified atom stereocenters. The maximum atomic E-state index is 12.3. The number of amides is 1. The summed E-state index contributed by atoms with van der Waals surface area (Å²) in [6, 6.07) is 0.0889. The molecule has 20 heavy (non-hydrogen) atoms. The summed E-state index contributed by atoms with van der Waals surface area (Å²) in [4.78, 5) is 22.9. The fraction of sp³-hybridized carbons (Fsp3) is 0.692. The first kappa shape index (κ1) is 14.5. The van der Waals surface area contributed by atoms with Crippen LogP contribution in [0.25, 0.3) is 0 Å². The lowest BCUT2D eigenvalue weighted by molar-refractivity contribution is -0.385. The van der Waals surface area contributed by atoms with Gasteiger partial charge < -0.3 is 5.32 Å². The molecule has 0 saturated heterocycles. The zero-order chi connectivity index (χ0) is 14.9. The second-order valence-corrected chi connectivity index (χ2v) is 5.51. The standard InChI is InChI=1S/C13H20N4O3/c1-8-6-4-5-7-10(8)14-13(18)12-11(17(19)20)9(2)15-16(12)3/h8,10H,4-7H2,1-3H3,(H,14,18)/t8-,10+/m0/s1. The maximum Gasteiger partial charge on any atom is 0.322 e. The number of rotatable bonds is 3. The van der Waals surface area contributed by atoms with Crippen LogP contribution in [0.1, 0.15) is 48.8 Å². The Morgan fingerprint density at radius 2 is 2.10 bits per heavy atom. The van der Waals surface area contributed by atoms with Crippen LogP contribution in [0.15, 0.2) is 0 Å². The van der Waals surface area contributed by atoms with Gasteiger partial charge in [0.25, 0.3) is 5.91 Å². The minimum Gasteiger partial charge on any atom is -0.347 e. The molecule has 1 aliphatic rings. The first-order valence-corrected chi connectivity index (χ1v) is 6.90. The average molecular weight is 280 g/mol. The first-order valence-electron chi connectivity index (χ1n) is 6.90. The smallest absolute Gasteiger partial charge is 0.322 e. The number of nitrogens with one attached hydrogen (secondary N) is 1. The molecule has 110 valence electrons. The van der Waals surface area contributed by atoms with E-state index in [9.17, 15) is 14.9 Å². The molecule has 1 N–H and O–H groups in total. The summed E-state index contributed by atoms with van der Waals surface area (Å²) >= 11 is 0. The number of nitro groups is 1. The molecule has 7 heteroatoms. The second kappa shape index (κ2) is 5.60. The largest absolute Gasteiger partial charge is 0.347 e. The summed E-state index contributed by atoms with van der Waals surface area (Å²) in [5.41, 5.74) is 0.0954. The Balaban J connectivity index is 2.23. The fourth-order valence-electron chi connectivity index (χ4n) is 2.89. The molecule has 1 aliphatic carbocycles. The van der Waals surface area contributed by atoms with Crippen molar-refractivity contribution in [2.45, 2.75) is 45.6 Å². The number of hydrogen-bond acceptors (Lipinski definition) is 4. The summed E-state index contributed by atoms with van der Waals surface area (Å²) in [6.45, 7) is 3.64. The Morgan fingerprint density at radius 1 is 1.45 bits per heavy atom. The number of aromatic nitrogens is 2. The SMILES string of the molecule is Cc1nn(C)c(C(=O)N[C@@H]2CCCC[C@@H]2C)c1[N+](=O)[O-]. The van der Waals surface area contributed by atoms with E-state index in [1.165, 1.54) is 18.0 Å². The van der Waals surface area contributed by atoms with E-state index in [4.69, 9.17) is 0 Å². The molecule has 0 aliphatic heterocycles. The Labute approximate surface area is 117 Å². The van der Waals surface area contributed by atoms with Crippen molar-refractivity contribution in [3.8, 4) is 0 Å². The summed E-state index contributed by atoms with van der Waals surface area (Å²) < 4.78 is 1.29. The van der Waals surface area contributed by atoms with Crippen molar-refractivity contribution in [3.63, 3.8) is 0 Å². The Kier molecular flexibility index (Phi) is 4.06. The van der Waals surface area contributed by atoms with E-state index < -0.39 is 10.8 Å². The molecule has 1 heterocycles. The first-order chi connectivity index (χ1) is 9.41. The number of carbonyl (C=O) groups is 1. The lowest BCUT2D eigenvalue weighted by Crippen LogP contribution is -2.41. The number of carbonyl (C=O) groups excluding carboxylic acids is 1. The highest BCUT2D eigenvalue weighted by atomic mass is 16.6. The molecule has 1 aromatic heterocycles. The molecule has 2 rings (SSSR count). The lowest BCUT2D eigenvalue weighted by Gasteiger charge is -2.29. The van der Waals surface area contributed by atoms with E-state index in [1.54, 1.807) is 7.05 Å². The summed E-state index contributed by atoms with van der Waals surface area (Å²) in [5.74, 6) is -0.000342. The van der Waals surface area contributed by atoms with Gasteiger partial charge in [-0.25, -0.2) is 0 Å². The third kappa shape index (κ3) is 2.66. The molecule has 1 amide bonds. The van der Waals surface area contributed by atoms with E-state index in [1.807, 2.05) is 0 Å². The van der Waals surface area contributed by atoms with Crippen molar-refractivity contribution in [2.24, 2.45) is 13.0 Å². The molecule has 2 atom stereocenters. The van der Waals surface area contributed by atoms with Crippen LogP contribution in [0, 0.1) is 23.0 Å². The van der Waals surface area contributed by atoms with Gasteiger partial charge >= 0.3 is 5.69 Å². The van der Waals surface area contributed by atoms with E-state index in [0.717, 1.165) is 19.3 Å². The molecule has 7 nitrogen and oxygen atoms in total. The normalized spacial score (nSPS) is 22.6. The molecule has 0 bridgehead atoms. The van der Waals surface area contributed by atoms with Crippen molar-refractivity contribution in [1.29, 1.82) is 0 Å².